The minimum Gasteiger partial charge on any atom is -0.491 e. The first-order valence-electron chi connectivity index (χ1n) is 9.80. The summed E-state index contributed by atoms with van der Waals surface area (Å²) in [5, 5.41) is 11.3. The molecule has 0 spiro atoms. The zero-order chi connectivity index (χ0) is 21.0. The SMILES string of the molecule is Cc1cccc(OCC(O)CN(Cc2ccccc2Cl)C2CCS(=O)(=O)C2)c1C. The van der Waals surface area contributed by atoms with Crippen LogP contribution in [0.15, 0.2) is 42.5 Å². The van der Waals surface area contributed by atoms with Crippen molar-refractivity contribution in [3.8, 4) is 5.75 Å². The average Bonchev–Trinajstić information content (AvgIpc) is 3.04. The van der Waals surface area contributed by atoms with Gasteiger partial charge in [0.05, 0.1) is 11.5 Å². The minimum absolute atomic E-state index is 0.113. The van der Waals surface area contributed by atoms with Crippen LogP contribution in [0.4, 0.5) is 0 Å². The van der Waals surface area contributed by atoms with E-state index in [2.05, 4.69) is 0 Å². The van der Waals surface area contributed by atoms with E-state index < -0.39 is 15.9 Å². The number of sulfone groups is 1. The first kappa shape index (κ1) is 22.1. The first-order chi connectivity index (χ1) is 13.7. The summed E-state index contributed by atoms with van der Waals surface area (Å²) in [6.07, 6.45) is -0.183. The third-order valence-electron chi connectivity index (χ3n) is 5.49. The van der Waals surface area contributed by atoms with Crippen LogP contribution in [-0.2, 0) is 16.4 Å². The first-order valence-corrected chi connectivity index (χ1v) is 12.0. The van der Waals surface area contributed by atoms with Gasteiger partial charge in [-0.3, -0.25) is 4.90 Å². The zero-order valence-electron chi connectivity index (χ0n) is 16.8. The molecule has 1 fully saturated rings. The van der Waals surface area contributed by atoms with Gasteiger partial charge >= 0.3 is 0 Å². The molecule has 0 saturated carbocycles. The molecule has 3 rings (SSSR count). The van der Waals surface area contributed by atoms with E-state index >= 15 is 0 Å². The van der Waals surface area contributed by atoms with Crippen molar-refractivity contribution in [3.63, 3.8) is 0 Å². The van der Waals surface area contributed by atoms with Crippen LogP contribution in [0.5, 0.6) is 5.75 Å². The highest BCUT2D eigenvalue weighted by molar-refractivity contribution is 7.91. The normalized spacial score (nSPS) is 19.4. The lowest BCUT2D eigenvalue weighted by Crippen LogP contribution is -2.42. The van der Waals surface area contributed by atoms with Crippen LogP contribution in [0.25, 0.3) is 0 Å². The second-order valence-corrected chi connectivity index (χ2v) is 10.4. The van der Waals surface area contributed by atoms with Crippen LogP contribution in [0.1, 0.15) is 23.1 Å². The largest absolute Gasteiger partial charge is 0.491 e. The third-order valence-corrected chi connectivity index (χ3v) is 7.61. The Bertz CT molecular complexity index is 948. The van der Waals surface area contributed by atoms with E-state index in [1.807, 2.05) is 61.2 Å². The summed E-state index contributed by atoms with van der Waals surface area (Å²) < 4.78 is 29.8. The molecular weight excluding hydrogens is 410 g/mol. The summed E-state index contributed by atoms with van der Waals surface area (Å²) in [5.41, 5.74) is 3.10. The molecule has 2 aromatic rings. The summed E-state index contributed by atoms with van der Waals surface area (Å²) >= 11 is 6.31. The Kier molecular flexibility index (Phi) is 7.22. The summed E-state index contributed by atoms with van der Waals surface area (Å²) in [4.78, 5) is 2.02. The van der Waals surface area contributed by atoms with E-state index in [1.54, 1.807) is 0 Å². The zero-order valence-corrected chi connectivity index (χ0v) is 18.4. The van der Waals surface area contributed by atoms with Crippen molar-refractivity contribution < 1.29 is 18.3 Å². The van der Waals surface area contributed by atoms with E-state index in [1.165, 1.54) is 0 Å². The molecule has 2 unspecified atom stereocenters. The number of halogens is 1. The molecule has 29 heavy (non-hydrogen) atoms. The fourth-order valence-electron chi connectivity index (χ4n) is 3.64. The molecule has 0 aromatic heterocycles. The maximum Gasteiger partial charge on any atom is 0.151 e. The van der Waals surface area contributed by atoms with Crippen LogP contribution in [-0.4, -0.2) is 55.2 Å². The predicted octanol–water partition coefficient (Wildman–Crippen LogP) is 3.39. The van der Waals surface area contributed by atoms with E-state index in [4.69, 9.17) is 16.3 Å². The number of hydrogen-bond donors (Lipinski definition) is 1. The van der Waals surface area contributed by atoms with Crippen LogP contribution in [0, 0.1) is 13.8 Å². The number of nitrogens with zero attached hydrogens (tertiary/aromatic N) is 1. The van der Waals surface area contributed by atoms with E-state index in [9.17, 15) is 13.5 Å². The number of rotatable bonds is 8. The van der Waals surface area contributed by atoms with Gasteiger partial charge < -0.3 is 9.84 Å². The second kappa shape index (κ2) is 9.47. The van der Waals surface area contributed by atoms with Crippen molar-refractivity contribution in [2.45, 2.75) is 39.0 Å². The van der Waals surface area contributed by atoms with Crippen LogP contribution in [0.2, 0.25) is 5.02 Å². The van der Waals surface area contributed by atoms with Crippen LogP contribution in [0.3, 0.4) is 0 Å². The summed E-state index contributed by atoms with van der Waals surface area (Å²) in [6, 6.07) is 13.2. The van der Waals surface area contributed by atoms with Gasteiger partial charge in [-0.25, -0.2) is 8.42 Å². The molecule has 1 N–H and O–H groups in total. The van der Waals surface area contributed by atoms with Gasteiger partial charge in [0, 0.05) is 24.2 Å². The Morgan fingerprint density at radius 3 is 2.66 bits per heavy atom. The van der Waals surface area contributed by atoms with E-state index in [-0.39, 0.29) is 24.2 Å². The van der Waals surface area contributed by atoms with E-state index in [0.717, 1.165) is 22.4 Å². The Hall–Kier alpha value is -1.60. The smallest absolute Gasteiger partial charge is 0.151 e. The summed E-state index contributed by atoms with van der Waals surface area (Å²) in [5.74, 6) is 1.05. The van der Waals surface area contributed by atoms with Gasteiger partial charge in [-0.1, -0.05) is 41.9 Å². The fourth-order valence-corrected chi connectivity index (χ4v) is 5.60. The van der Waals surface area contributed by atoms with Crippen molar-refractivity contribution in [1.82, 2.24) is 4.90 Å². The van der Waals surface area contributed by atoms with Crippen molar-refractivity contribution in [1.29, 1.82) is 0 Å². The lowest BCUT2D eigenvalue weighted by Gasteiger charge is -2.30. The molecule has 2 atom stereocenters. The lowest BCUT2D eigenvalue weighted by molar-refractivity contribution is 0.0523. The summed E-state index contributed by atoms with van der Waals surface area (Å²) in [6.45, 7) is 4.95. The lowest BCUT2D eigenvalue weighted by atomic mass is 10.1. The standard InChI is InChI=1S/C22H28ClNO4S/c1-16-6-5-9-22(17(16)2)28-14-20(25)13-24(19-10-11-29(26,27)15-19)12-18-7-3-4-8-21(18)23/h3-9,19-20,25H,10-15H2,1-2H3. The Balaban J connectivity index is 1.68. The maximum absolute atomic E-state index is 12.0. The Morgan fingerprint density at radius 2 is 1.97 bits per heavy atom. The molecule has 1 aliphatic heterocycles. The van der Waals surface area contributed by atoms with Crippen molar-refractivity contribution in [2.75, 3.05) is 24.7 Å². The number of ether oxygens (including phenoxy) is 1. The highest BCUT2D eigenvalue weighted by atomic mass is 35.5. The molecule has 2 aromatic carbocycles. The minimum atomic E-state index is -3.03. The fraction of sp³-hybridized carbons (Fsp3) is 0.455. The van der Waals surface area contributed by atoms with Gasteiger partial charge in [-0.15, -0.1) is 0 Å². The molecule has 1 aliphatic rings. The Labute approximate surface area is 178 Å². The molecule has 0 amide bonds. The second-order valence-electron chi connectivity index (χ2n) is 7.74. The molecule has 7 heteroatoms. The molecule has 0 aliphatic carbocycles. The topological polar surface area (TPSA) is 66.8 Å². The number of aryl methyl sites for hydroxylation is 1. The molecular formula is C22H28ClNO4S. The molecule has 0 bridgehead atoms. The van der Waals surface area contributed by atoms with Crippen molar-refractivity contribution in [2.24, 2.45) is 0 Å². The number of benzene rings is 2. The van der Waals surface area contributed by atoms with Gasteiger partial charge in [-0.2, -0.15) is 0 Å². The van der Waals surface area contributed by atoms with Gasteiger partial charge in [0.2, 0.25) is 0 Å². The monoisotopic (exact) mass is 437 g/mol. The van der Waals surface area contributed by atoms with Crippen LogP contribution < -0.4 is 4.74 Å². The van der Waals surface area contributed by atoms with Crippen molar-refractivity contribution in [3.05, 3.63) is 64.2 Å². The Morgan fingerprint density at radius 1 is 1.21 bits per heavy atom. The van der Waals surface area contributed by atoms with Crippen molar-refractivity contribution >= 4 is 21.4 Å². The molecule has 0 radical (unpaired) electrons. The summed E-state index contributed by atoms with van der Waals surface area (Å²) in [7, 11) is -3.03. The predicted molar refractivity (Wildman–Crippen MR) is 116 cm³/mol. The maximum atomic E-state index is 12.0. The molecule has 5 nitrogen and oxygen atoms in total. The quantitative estimate of drug-likeness (QED) is 0.685. The molecule has 1 saturated heterocycles. The van der Waals surface area contributed by atoms with Gasteiger partial charge in [0.1, 0.15) is 18.5 Å². The van der Waals surface area contributed by atoms with E-state index in [0.29, 0.717) is 24.5 Å². The number of aliphatic hydroxyl groups excluding tert-OH is 1. The number of hydrogen-bond acceptors (Lipinski definition) is 5. The average molecular weight is 438 g/mol. The highest BCUT2D eigenvalue weighted by Gasteiger charge is 2.33. The van der Waals surface area contributed by atoms with Gasteiger partial charge in [0.25, 0.3) is 0 Å². The van der Waals surface area contributed by atoms with Crippen LogP contribution >= 0.6 is 11.6 Å². The van der Waals surface area contributed by atoms with Gasteiger partial charge in [-0.05, 0) is 49.1 Å². The molecule has 1 heterocycles. The van der Waals surface area contributed by atoms with Gasteiger partial charge in [0.15, 0.2) is 9.84 Å². The number of aliphatic hydroxyl groups is 1. The third kappa shape index (κ3) is 5.95. The highest BCUT2D eigenvalue weighted by Crippen LogP contribution is 2.24. The molecule has 158 valence electrons.